The van der Waals surface area contributed by atoms with Gasteiger partial charge in [-0.1, -0.05) is 162 Å². The van der Waals surface area contributed by atoms with Gasteiger partial charge in [-0.15, -0.1) is 0 Å². The van der Waals surface area contributed by atoms with Crippen LogP contribution in [0.1, 0.15) is 99.2 Å². The lowest BCUT2D eigenvalue weighted by Gasteiger charge is -2.34. The molecule has 5 aliphatic rings. The molecule has 0 amide bonds. The van der Waals surface area contributed by atoms with Crippen LogP contribution in [0.2, 0.25) is 0 Å². The summed E-state index contributed by atoms with van der Waals surface area (Å²) in [7, 11) is 0. The van der Waals surface area contributed by atoms with Gasteiger partial charge in [0.15, 0.2) is 0 Å². The average Bonchev–Trinajstić information content (AvgIpc) is 3.46. The van der Waals surface area contributed by atoms with Crippen molar-refractivity contribution < 1.29 is 0 Å². The fourth-order valence-corrected chi connectivity index (χ4v) is 11.5. The van der Waals surface area contributed by atoms with Crippen molar-refractivity contribution in [1.82, 2.24) is 0 Å². The fourth-order valence-electron chi connectivity index (χ4n) is 11.5. The molecule has 6 aromatic rings. The van der Waals surface area contributed by atoms with Gasteiger partial charge in [0.2, 0.25) is 0 Å². The van der Waals surface area contributed by atoms with Gasteiger partial charge >= 0.3 is 0 Å². The molecule has 0 spiro atoms. The number of hydrogen-bond donors (Lipinski definition) is 0. The molecule has 0 aromatic heterocycles. The van der Waals surface area contributed by atoms with Crippen molar-refractivity contribution in [2.24, 2.45) is 0 Å². The summed E-state index contributed by atoms with van der Waals surface area (Å²) in [6.07, 6.45) is 20.1. The van der Waals surface area contributed by atoms with Crippen LogP contribution in [0.5, 0.6) is 0 Å². The molecule has 0 fully saturated rings. The van der Waals surface area contributed by atoms with Gasteiger partial charge in [-0.25, -0.2) is 0 Å². The molecule has 286 valence electrons. The summed E-state index contributed by atoms with van der Waals surface area (Å²) < 4.78 is 0. The van der Waals surface area contributed by atoms with E-state index in [1.165, 1.54) is 117 Å². The molecular formula is C59H50. The Morgan fingerprint density at radius 3 is 1.90 bits per heavy atom. The average molecular weight is 759 g/mol. The highest BCUT2D eigenvalue weighted by Gasteiger charge is 2.39. The van der Waals surface area contributed by atoms with Crippen molar-refractivity contribution >= 4 is 21.9 Å². The molecule has 0 heterocycles. The summed E-state index contributed by atoms with van der Waals surface area (Å²) in [4.78, 5) is 0. The SMILES string of the molecule is C=C(/C=C\C)/C(=C\C)c1ccc2c(c1)C(C)(C)c1cc(-c3ccc4c(c3)C(C)(C)c3cc(-c5ccc6c7c(cccc57)C5CC=CC7=C5C6=CC=CC7)ccc3-4)ccc1-2. The molecule has 6 aromatic carbocycles. The summed E-state index contributed by atoms with van der Waals surface area (Å²) in [5, 5.41) is 2.79. The van der Waals surface area contributed by atoms with Crippen molar-refractivity contribution in [3.8, 4) is 44.5 Å². The van der Waals surface area contributed by atoms with E-state index in [1.54, 1.807) is 0 Å². The maximum absolute atomic E-state index is 4.35. The second-order valence-corrected chi connectivity index (χ2v) is 18.3. The molecule has 0 bridgehead atoms. The molecule has 5 aliphatic carbocycles. The van der Waals surface area contributed by atoms with Gasteiger partial charge in [-0.05, 0) is 173 Å². The first kappa shape index (κ1) is 35.9. The van der Waals surface area contributed by atoms with E-state index in [1.807, 2.05) is 6.92 Å². The standard InChI is InChI=1S/C59H50/c1-8-14-35(3)41(9-2)39-23-27-45-43-25-21-37(31-52(43)58(4,5)54(45)33-39)38-22-26-44-46-28-24-40(34-55(46)59(6,7)53(44)32-38)42-29-30-51-48-17-11-10-15-36-16-12-18-49(56(36)48)50-20-13-19-47(42)57(50)51/h8-14,16-17,19-34,49H,3,15,18H2,1-2,4-7H3/b14-8-,41-9+. The van der Waals surface area contributed by atoms with Crippen LogP contribution < -0.4 is 0 Å². The van der Waals surface area contributed by atoms with Gasteiger partial charge < -0.3 is 0 Å². The quantitative estimate of drug-likeness (QED) is 0.154. The Hall–Kier alpha value is -6.24. The first-order chi connectivity index (χ1) is 28.6. The lowest BCUT2D eigenvalue weighted by Crippen LogP contribution is -2.16. The third-order valence-electron chi connectivity index (χ3n) is 14.5. The van der Waals surface area contributed by atoms with E-state index in [2.05, 4.69) is 193 Å². The maximum atomic E-state index is 4.35. The van der Waals surface area contributed by atoms with E-state index in [4.69, 9.17) is 0 Å². The second kappa shape index (κ2) is 12.9. The van der Waals surface area contributed by atoms with Gasteiger partial charge in [0.25, 0.3) is 0 Å². The summed E-state index contributed by atoms with van der Waals surface area (Å²) in [6.45, 7) is 18.1. The first-order valence-electron chi connectivity index (χ1n) is 21.5. The maximum Gasteiger partial charge on any atom is 0.0159 e. The van der Waals surface area contributed by atoms with E-state index >= 15 is 0 Å². The number of benzene rings is 6. The Balaban J connectivity index is 0.953. The number of fused-ring (bicyclic) bond motifs is 8. The minimum Gasteiger partial charge on any atom is -0.0912 e. The Labute approximate surface area is 350 Å². The highest BCUT2D eigenvalue weighted by atomic mass is 14.4. The minimum absolute atomic E-state index is 0.124. The fraction of sp³-hybridized carbons (Fsp3) is 0.186. The van der Waals surface area contributed by atoms with Crippen molar-refractivity contribution in [1.29, 1.82) is 0 Å². The van der Waals surface area contributed by atoms with Crippen LogP contribution in [-0.4, -0.2) is 0 Å². The van der Waals surface area contributed by atoms with Crippen molar-refractivity contribution in [2.45, 2.75) is 71.1 Å². The van der Waals surface area contributed by atoms with Crippen molar-refractivity contribution in [3.05, 3.63) is 214 Å². The molecule has 0 radical (unpaired) electrons. The lowest BCUT2D eigenvalue weighted by atomic mass is 9.69. The first-order valence-corrected chi connectivity index (χ1v) is 21.5. The van der Waals surface area contributed by atoms with Crippen LogP contribution >= 0.6 is 0 Å². The van der Waals surface area contributed by atoms with E-state index in [9.17, 15) is 0 Å². The Morgan fingerprint density at radius 1 is 0.644 bits per heavy atom. The molecule has 0 saturated carbocycles. The molecule has 0 aliphatic heterocycles. The predicted molar refractivity (Wildman–Crippen MR) is 253 cm³/mol. The summed E-state index contributed by atoms with van der Waals surface area (Å²) in [5.41, 5.74) is 26.6. The van der Waals surface area contributed by atoms with Gasteiger partial charge in [0.05, 0.1) is 0 Å². The molecule has 11 rings (SSSR count). The highest BCUT2D eigenvalue weighted by molar-refractivity contribution is 6.10. The lowest BCUT2D eigenvalue weighted by molar-refractivity contribution is 0.659. The molecular weight excluding hydrogens is 709 g/mol. The van der Waals surface area contributed by atoms with Crippen LogP contribution in [0, 0.1) is 0 Å². The van der Waals surface area contributed by atoms with E-state index in [0.717, 1.165) is 18.4 Å². The number of hydrogen-bond acceptors (Lipinski definition) is 0. The molecule has 1 unspecified atom stereocenters. The molecule has 0 N–H and O–H groups in total. The molecule has 0 heteroatoms. The Kier molecular flexibility index (Phi) is 7.83. The zero-order chi connectivity index (χ0) is 40.4. The van der Waals surface area contributed by atoms with Crippen LogP contribution in [0.15, 0.2) is 175 Å². The van der Waals surface area contributed by atoms with E-state index in [0.29, 0.717) is 5.92 Å². The number of rotatable bonds is 5. The molecule has 0 nitrogen and oxygen atoms in total. The number of allylic oxidation sites excluding steroid dienone is 13. The van der Waals surface area contributed by atoms with Gasteiger partial charge in [-0.2, -0.15) is 0 Å². The third-order valence-corrected chi connectivity index (χ3v) is 14.5. The highest BCUT2D eigenvalue weighted by Crippen LogP contribution is 2.55. The molecule has 0 saturated heterocycles. The normalized spacial score (nSPS) is 18.6. The van der Waals surface area contributed by atoms with Crippen molar-refractivity contribution in [2.75, 3.05) is 0 Å². The Bertz CT molecular complexity index is 3060. The third kappa shape index (κ3) is 5.08. The minimum atomic E-state index is -0.144. The van der Waals surface area contributed by atoms with E-state index in [-0.39, 0.29) is 10.8 Å². The largest absolute Gasteiger partial charge is 0.0912 e. The summed E-state index contributed by atoms with van der Waals surface area (Å²) in [6, 6.07) is 40.4. The van der Waals surface area contributed by atoms with Crippen LogP contribution in [0.3, 0.4) is 0 Å². The van der Waals surface area contributed by atoms with Crippen LogP contribution in [0.4, 0.5) is 0 Å². The summed E-state index contributed by atoms with van der Waals surface area (Å²) >= 11 is 0. The topological polar surface area (TPSA) is 0 Å². The van der Waals surface area contributed by atoms with E-state index < -0.39 is 0 Å². The molecule has 1 atom stereocenters. The van der Waals surface area contributed by atoms with Crippen LogP contribution in [0.25, 0.3) is 66.4 Å². The Morgan fingerprint density at radius 2 is 1.24 bits per heavy atom. The van der Waals surface area contributed by atoms with Gasteiger partial charge in [0.1, 0.15) is 0 Å². The second-order valence-electron chi connectivity index (χ2n) is 18.3. The monoisotopic (exact) mass is 758 g/mol. The summed E-state index contributed by atoms with van der Waals surface area (Å²) in [5.74, 6) is 0.417. The van der Waals surface area contributed by atoms with Crippen LogP contribution in [-0.2, 0) is 10.8 Å². The van der Waals surface area contributed by atoms with Gasteiger partial charge in [-0.3, -0.25) is 0 Å². The zero-order valence-electron chi connectivity index (χ0n) is 35.1. The smallest absolute Gasteiger partial charge is 0.0159 e. The van der Waals surface area contributed by atoms with Crippen molar-refractivity contribution in [3.63, 3.8) is 0 Å². The predicted octanol–water partition coefficient (Wildman–Crippen LogP) is 16.0. The zero-order valence-corrected chi connectivity index (χ0v) is 35.1. The molecule has 59 heavy (non-hydrogen) atoms. The van der Waals surface area contributed by atoms with Gasteiger partial charge in [0, 0.05) is 16.7 Å².